The largest absolute Gasteiger partial charge is 0.450 e. The summed E-state index contributed by atoms with van der Waals surface area (Å²) in [7, 11) is 0. The van der Waals surface area contributed by atoms with E-state index in [0.717, 1.165) is 17.4 Å². The van der Waals surface area contributed by atoms with Crippen LogP contribution in [-0.2, 0) is 15.3 Å². The Kier molecular flexibility index (Phi) is 7.21. The third-order valence-electron chi connectivity index (χ3n) is 4.81. The zero-order valence-corrected chi connectivity index (χ0v) is 16.6. The van der Waals surface area contributed by atoms with Crippen LogP contribution in [0.5, 0.6) is 0 Å². The molecule has 0 unspecified atom stereocenters. The molecule has 3 rings (SSSR count). The van der Waals surface area contributed by atoms with Crippen molar-refractivity contribution in [3.8, 4) is 0 Å². The molecule has 1 fully saturated rings. The van der Waals surface area contributed by atoms with Crippen LogP contribution in [0.25, 0.3) is 11.0 Å². The Hall–Kier alpha value is -1.95. The average molecular weight is 390 g/mol. The number of carbonyl (C=O) groups is 2. The number of para-hydroxylation sites is 1. The van der Waals surface area contributed by atoms with Crippen molar-refractivity contribution in [3.05, 3.63) is 35.6 Å². The van der Waals surface area contributed by atoms with Gasteiger partial charge in [0.25, 0.3) is 5.91 Å². The van der Waals surface area contributed by atoms with Crippen LogP contribution in [0.15, 0.2) is 28.7 Å². The van der Waals surface area contributed by atoms with Crippen LogP contribution in [0.1, 0.15) is 61.6 Å². The third-order valence-corrected chi connectivity index (χ3v) is 6.20. The van der Waals surface area contributed by atoms with Gasteiger partial charge in [0, 0.05) is 28.5 Å². The fraction of sp³-hybridized carbons (Fsp3) is 0.524. The molecule has 1 N–H and O–H groups in total. The molecule has 0 bridgehead atoms. The van der Waals surface area contributed by atoms with E-state index in [-0.39, 0.29) is 18.3 Å². The SMILES string of the molecule is CCCNC(=O)COC(=O)c1oc2ccccc2c1CSC1CCCCC1. The Morgan fingerprint density at radius 3 is 2.78 bits per heavy atom. The molecule has 1 heterocycles. The molecule has 0 spiro atoms. The summed E-state index contributed by atoms with van der Waals surface area (Å²) in [6, 6.07) is 7.66. The van der Waals surface area contributed by atoms with Crippen LogP contribution >= 0.6 is 11.8 Å². The lowest BCUT2D eigenvalue weighted by Crippen LogP contribution is -2.29. The quantitative estimate of drug-likeness (QED) is 0.664. The maximum absolute atomic E-state index is 12.6. The Balaban J connectivity index is 1.71. The standard InChI is InChI=1S/C21H27NO4S/c1-2-12-22-19(23)13-25-21(24)20-17(14-27-15-8-4-3-5-9-15)16-10-6-7-11-18(16)26-20/h6-7,10-11,15H,2-5,8-9,12-14H2,1H3,(H,22,23). The van der Waals surface area contributed by atoms with E-state index in [0.29, 0.717) is 23.1 Å². The number of esters is 1. The lowest BCUT2D eigenvalue weighted by Gasteiger charge is -2.20. The first kappa shape index (κ1) is 19.8. The first-order chi connectivity index (χ1) is 13.2. The fourth-order valence-electron chi connectivity index (χ4n) is 3.35. The molecule has 1 saturated carbocycles. The summed E-state index contributed by atoms with van der Waals surface area (Å²) in [5.41, 5.74) is 1.55. The highest BCUT2D eigenvalue weighted by Gasteiger charge is 2.24. The minimum atomic E-state index is -0.572. The molecular weight excluding hydrogens is 362 g/mol. The summed E-state index contributed by atoms with van der Waals surface area (Å²) < 4.78 is 11.0. The Morgan fingerprint density at radius 2 is 2.00 bits per heavy atom. The van der Waals surface area contributed by atoms with Gasteiger partial charge in [0.2, 0.25) is 5.76 Å². The highest BCUT2D eigenvalue weighted by molar-refractivity contribution is 7.99. The number of furan rings is 1. The molecule has 1 aliphatic carbocycles. The second kappa shape index (κ2) is 9.83. The monoisotopic (exact) mass is 389 g/mol. The third kappa shape index (κ3) is 5.28. The lowest BCUT2D eigenvalue weighted by molar-refractivity contribution is -0.124. The second-order valence-corrected chi connectivity index (χ2v) is 8.19. The fourth-order valence-corrected chi connectivity index (χ4v) is 4.71. The maximum Gasteiger partial charge on any atom is 0.375 e. The van der Waals surface area contributed by atoms with Crippen molar-refractivity contribution in [2.24, 2.45) is 0 Å². The minimum Gasteiger partial charge on any atom is -0.450 e. The van der Waals surface area contributed by atoms with Gasteiger partial charge in [0.1, 0.15) is 5.58 Å². The minimum absolute atomic E-state index is 0.225. The molecule has 1 aliphatic rings. The van der Waals surface area contributed by atoms with E-state index in [2.05, 4.69) is 5.32 Å². The van der Waals surface area contributed by atoms with Crippen LogP contribution in [-0.4, -0.2) is 30.3 Å². The van der Waals surface area contributed by atoms with Crippen molar-refractivity contribution in [2.45, 2.75) is 56.5 Å². The van der Waals surface area contributed by atoms with E-state index in [4.69, 9.17) is 9.15 Å². The molecule has 27 heavy (non-hydrogen) atoms. The van der Waals surface area contributed by atoms with Crippen LogP contribution in [0.3, 0.4) is 0 Å². The number of rotatable bonds is 8. The summed E-state index contributed by atoms with van der Waals surface area (Å²) in [5, 5.41) is 4.28. The van der Waals surface area contributed by atoms with Crippen LogP contribution in [0, 0.1) is 0 Å². The number of amides is 1. The van der Waals surface area contributed by atoms with E-state index < -0.39 is 5.97 Å². The number of hydrogen-bond donors (Lipinski definition) is 1. The number of fused-ring (bicyclic) bond motifs is 1. The summed E-state index contributed by atoms with van der Waals surface area (Å²) in [6.45, 7) is 2.26. The van der Waals surface area contributed by atoms with Crippen LogP contribution < -0.4 is 5.32 Å². The molecule has 0 saturated heterocycles. The Morgan fingerprint density at radius 1 is 1.22 bits per heavy atom. The smallest absolute Gasteiger partial charge is 0.375 e. The summed E-state index contributed by atoms with van der Waals surface area (Å²) in [6.07, 6.45) is 7.20. The topological polar surface area (TPSA) is 68.5 Å². The van der Waals surface area contributed by atoms with Crippen LogP contribution in [0.2, 0.25) is 0 Å². The van der Waals surface area contributed by atoms with Gasteiger partial charge in [0.15, 0.2) is 6.61 Å². The van der Waals surface area contributed by atoms with E-state index in [1.165, 1.54) is 32.1 Å². The summed E-state index contributed by atoms with van der Waals surface area (Å²) >= 11 is 1.89. The predicted octanol–water partition coefficient (Wildman–Crippen LogP) is 4.68. The Labute approximate surface area is 164 Å². The molecule has 0 aliphatic heterocycles. The zero-order chi connectivity index (χ0) is 19.1. The van der Waals surface area contributed by atoms with Crippen molar-refractivity contribution in [1.29, 1.82) is 0 Å². The van der Waals surface area contributed by atoms with Gasteiger partial charge < -0.3 is 14.5 Å². The van der Waals surface area contributed by atoms with Crippen molar-refractivity contribution in [1.82, 2.24) is 5.32 Å². The van der Waals surface area contributed by atoms with Crippen molar-refractivity contribution >= 4 is 34.6 Å². The van der Waals surface area contributed by atoms with Gasteiger partial charge in [-0.25, -0.2) is 4.79 Å². The normalized spacial score (nSPS) is 15.0. The number of hydrogen-bond acceptors (Lipinski definition) is 5. The molecule has 0 radical (unpaired) electrons. The molecule has 1 amide bonds. The van der Waals surface area contributed by atoms with Crippen molar-refractivity contribution < 1.29 is 18.7 Å². The van der Waals surface area contributed by atoms with E-state index in [9.17, 15) is 9.59 Å². The maximum atomic E-state index is 12.6. The summed E-state index contributed by atoms with van der Waals surface area (Å²) in [4.78, 5) is 24.3. The van der Waals surface area contributed by atoms with E-state index in [1.54, 1.807) is 0 Å². The number of thioether (sulfide) groups is 1. The van der Waals surface area contributed by atoms with E-state index in [1.807, 2.05) is 43.0 Å². The highest BCUT2D eigenvalue weighted by Crippen LogP contribution is 2.35. The van der Waals surface area contributed by atoms with Gasteiger partial charge in [-0.1, -0.05) is 44.4 Å². The molecule has 2 aromatic rings. The van der Waals surface area contributed by atoms with Gasteiger partial charge in [-0.3, -0.25) is 4.79 Å². The molecular formula is C21H27NO4S. The predicted molar refractivity (Wildman–Crippen MR) is 108 cm³/mol. The first-order valence-electron chi connectivity index (χ1n) is 9.75. The molecule has 146 valence electrons. The van der Waals surface area contributed by atoms with Crippen molar-refractivity contribution in [2.75, 3.05) is 13.2 Å². The second-order valence-electron chi connectivity index (χ2n) is 6.90. The average Bonchev–Trinajstić information content (AvgIpc) is 3.08. The molecule has 1 aromatic heterocycles. The number of ether oxygens (including phenoxy) is 1. The molecule has 5 nitrogen and oxygen atoms in total. The van der Waals surface area contributed by atoms with Crippen molar-refractivity contribution in [3.63, 3.8) is 0 Å². The first-order valence-corrected chi connectivity index (χ1v) is 10.8. The van der Waals surface area contributed by atoms with Crippen LogP contribution in [0.4, 0.5) is 0 Å². The molecule has 1 aromatic carbocycles. The molecule has 0 atom stereocenters. The van der Waals surface area contributed by atoms with Gasteiger partial charge >= 0.3 is 5.97 Å². The number of carbonyl (C=O) groups excluding carboxylic acids is 2. The van der Waals surface area contributed by atoms with Gasteiger partial charge in [-0.05, 0) is 25.3 Å². The number of nitrogens with one attached hydrogen (secondary N) is 1. The van der Waals surface area contributed by atoms with E-state index >= 15 is 0 Å². The van der Waals surface area contributed by atoms with Gasteiger partial charge in [-0.2, -0.15) is 11.8 Å². The highest BCUT2D eigenvalue weighted by atomic mass is 32.2. The zero-order valence-electron chi connectivity index (χ0n) is 15.8. The summed E-state index contributed by atoms with van der Waals surface area (Å²) in [5.74, 6) is 0.0769. The Bertz CT molecular complexity index is 780. The number of benzene rings is 1. The lowest BCUT2D eigenvalue weighted by atomic mass is 10.0. The van der Waals surface area contributed by atoms with Gasteiger partial charge in [-0.15, -0.1) is 0 Å². The van der Waals surface area contributed by atoms with Gasteiger partial charge in [0.05, 0.1) is 0 Å². The molecule has 6 heteroatoms.